The van der Waals surface area contributed by atoms with Crippen LogP contribution in [0, 0.1) is 0 Å². The van der Waals surface area contributed by atoms with Crippen LogP contribution in [0.15, 0.2) is 0 Å². The molecule has 0 aromatic rings. The van der Waals surface area contributed by atoms with Crippen LogP contribution < -0.4 is 5.73 Å². The molecule has 1 aliphatic rings. The van der Waals surface area contributed by atoms with Gasteiger partial charge in [-0.05, 0) is 25.8 Å². The molecular weight excluding hydrogens is 198 g/mol. The molecule has 0 atom stereocenters. The Labute approximate surface area is 87.0 Å². The highest BCUT2D eigenvalue weighted by atomic mass is 32.2. The smallest absolute Gasteiger partial charge is 0.153 e. The summed E-state index contributed by atoms with van der Waals surface area (Å²) in [6.07, 6.45) is 6.89. The van der Waals surface area contributed by atoms with Crippen LogP contribution in [-0.2, 0) is 9.84 Å². The summed E-state index contributed by atoms with van der Waals surface area (Å²) >= 11 is 0. The molecule has 84 valence electrons. The largest absolute Gasteiger partial charge is 0.330 e. The molecule has 0 spiro atoms. The van der Waals surface area contributed by atoms with Crippen molar-refractivity contribution >= 4 is 9.84 Å². The lowest BCUT2D eigenvalue weighted by Gasteiger charge is -2.14. The summed E-state index contributed by atoms with van der Waals surface area (Å²) in [5.74, 6) is 0.286. The summed E-state index contributed by atoms with van der Waals surface area (Å²) in [6, 6.07) is 0. The van der Waals surface area contributed by atoms with Gasteiger partial charge in [-0.3, -0.25) is 0 Å². The van der Waals surface area contributed by atoms with Gasteiger partial charge in [0.15, 0.2) is 9.84 Å². The summed E-state index contributed by atoms with van der Waals surface area (Å²) in [7, 11) is -2.85. The minimum absolute atomic E-state index is 0.0726. The summed E-state index contributed by atoms with van der Waals surface area (Å²) in [5, 5.41) is -0.0726. The number of rotatable bonds is 4. The first-order chi connectivity index (χ1) is 6.67. The third-order valence-electron chi connectivity index (χ3n) is 2.94. The number of hydrogen-bond acceptors (Lipinski definition) is 3. The van der Waals surface area contributed by atoms with Gasteiger partial charge in [-0.25, -0.2) is 8.42 Å². The summed E-state index contributed by atoms with van der Waals surface area (Å²) in [5.41, 5.74) is 5.33. The van der Waals surface area contributed by atoms with E-state index in [-0.39, 0.29) is 11.0 Å². The van der Waals surface area contributed by atoms with Crippen LogP contribution in [0.2, 0.25) is 0 Å². The second-order valence-electron chi connectivity index (χ2n) is 4.12. The van der Waals surface area contributed by atoms with Crippen molar-refractivity contribution in [3.05, 3.63) is 0 Å². The molecule has 0 saturated heterocycles. The van der Waals surface area contributed by atoms with E-state index in [9.17, 15) is 8.42 Å². The van der Waals surface area contributed by atoms with Crippen LogP contribution in [0.1, 0.15) is 44.9 Å². The molecule has 3 nitrogen and oxygen atoms in total. The van der Waals surface area contributed by atoms with Crippen LogP contribution in [0.25, 0.3) is 0 Å². The van der Waals surface area contributed by atoms with Crippen molar-refractivity contribution in [1.29, 1.82) is 0 Å². The van der Waals surface area contributed by atoms with Crippen molar-refractivity contribution in [2.24, 2.45) is 5.73 Å². The van der Waals surface area contributed by atoms with Gasteiger partial charge < -0.3 is 5.73 Å². The molecule has 0 radical (unpaired) electrons. The van der Waals surface area contributed by atoms with E-state index in [1.165, 1.54) is 12.8 Å². The van der Waals surface area contributed by atoms with Crippen molar-refractivity contribution in [2.75, 3.05) is 12.3 Å². The van der Waals surface area contributed by atoms with E-state index in [2.05, 4.69) is 0 Å². The highest BCUT2D eigenvalue weighted by molar-refractivity contribution is 7.92. The standard InChI is InChI=1S/C10H21NO2S/c11-8-5-9-14(12,13)10-6-3-1-2-4-7-10/h10H,1-9,11H2. The molecule has 0 aromatic carbocycles. The van der Waals surface area contributed by atoms with Crippen molar-refractivity contribution in [3.63, 3.8) is 0 Å². The van der Waals surface area contributed by atoms with Crippen molar-refractivity contribution in [3.8, 4) is 0 Å². The lowest BCUT2D eigenvalue weighted by atomic mass is 10.2. The second kappa shape index (κ2) is 5.71. The molecule has 0 bridgehead atoms. The zero-order valence-electron chi connectivity index (χ0n) is 8.74. The maximum absolute atomic E-state index is 11.8. The minimum Gasteiger partial charge on any atom is -0.330 e. The molecule has 1 aliphatic carbocycles. The van der Waals surface area contributed by atoms with E-state index in [0.29, 0.717) is 13.0 Å². The van der Waals surface area contributed by atoms with Gasteiger partial charge in [-0.2, -0.15) is 0 Å². The molecule has 0 amide bonds. The second-order valence-corrected chi connectivity index (χ2v) is 6.52. The van der Waals surface area contributed by atoms with Gasteiger partial charge >= 0.3 is 0 Å². The quantitative estimate of drug-likeness (QED) is 0.728. The first-order valence-electron chi connectivity index (χ1n) is 5.58. The number of nitrogens with two attached hydrogens (primary N) is 1. The van der Waals surface area contributed by atoms with Gasteiger partial charge in [-0.15, -0.1) is 0 Å². The Kier molecular flexibility index (Phi) is 4.89. The topological polar surface area (TPSA) is 60.2 Å². The molecule has 14 heavy (non-hydrogen) atoms. The third kappa shape index (κ3) is 3.58. The molecule has 0 aliphatic heterocycles. The fraction of sp³-hybridized carbons (Fsp3) is 1.00. The molecule has 4 heteroatoms. The van der Waals surface area contributed by atoms with Gasteiger partial charge in [0.25, 0.3) is 0 Å². The average molecular weight is 219 g/mol. The van der Waals surface area contributed by atoms with E-state index in [1.54, 1.807) is 0 Å². The SMILES string of the molecule is NCCCS(=O)(=O)C1CCCCCC1. The first kappa shape index (κ1) is 12.0. The van der Waals surface area contributed by atoms with Gasteiger partial charge in [0.2, 0.25) is 0 Å². The van der Waals surface area contributed by atoms with Crippen LogP contribution >= 0.6 is 0 Å². The van der Waals surface area contributed by atoms with E-state index in [4.69, 9.17) is 5.73 Å². The fourth-order valence-corrected chi connectivity index (χ4v) is 4.01. The molecule has 0 unspecified atom stereocenters. The van der Waals surface area contributed by atoms with Crippen molar-refractivity contribution < 1.29 is 8.42 Å². The Bertz CT molecular complexity index is 241. The Balaban J connectivity index is 2.51. The van der Waals surface area contributed by atoms with Crippen molar-refractivity contribution in [2.45, 2.75) is 50.2 Å². The molecule has 0 aromatic heterocycles. The predicted molar refractivity (Wildman–Crippen MR) is 58.9 cm³/mol. The molecule has 2 N–H and O–H groups in total. The maximum Gasteiger partial charge on any atom is 0.153 e. The van der Waals surface area contributed by atoms with Crippen molar-refractivity contribution in [1.82, 2.24) is 0 Å². The number of hydrogen-bond donors (Lipinski definition) is 1. The highest BCUT2D eigenvalue weighted by Crippen LogP contribution is 2.23. The van der Waals surface area contributed by atoms with Gasteiger partial charge in [-0.1, -0.05) is 25.7 Å². The van der Waals surface area contributed by atoms with E-state index in [0.717, 1.165) is 25.7 Å². The predicted octanol–water partition coefficient (Wildman–Crippen LogP) is 1.47. The monoisotopic (exact) mass is 219 g/mol. The minimum atomic E-state index is -2.85. The first-order valence-corrected chi connectivity index (χ1v) is 7.30. The molecule has 1 saturated carbocycles. The van der Waals surface area contributed by atoms with Crippen LogP contribution in [0.5, 0.6) is 0 Å². The zero-order valence-corrected chi connectivity index (χ0v) is 9.56. The average Bonchev–Trinajstić information content (AvgIpc) is 2.43. The Morgan fingerprint density at radius 2 is 1.64 bits per heavy atom. The number of sulfone groups is 1. The van der Waals surface area contributed by atoms with E-state index < -0.39 is 9.84 Å². The van der Waals surface area contributed by atoms with Gasteiger partial charge in [0.1, 0.15) is 0 Å². The summed E-state index contributed by atoms with van der Waals surface area (Å²) in [4.78, 5) is 0. The van der Waals surface area contributed by atoms with Crippen LogP contribution in [0.3, 0.4) is 0 Å². The van der Waals surface area contributed by atoms with Crippen LogP contribution in [-0.4, -0.2) is 26.0 Å². The molecule has 1 rings (SSSR count). The van der Waals surface area contributed by atoms with Gasteiger partial charge in [0, 0.05) is 0 Å². The Morgan fingerprint density at radius 3 is 2.14 bits per heavy atom. The third-order valence-corrected chi connectivity index (χ3v) is 5.29. The zero-order chi connectivity index (χ0) is 10.4. The molecule has 0 heterocycles. The highest BCUT2D eigenvalue weighted by Gasteiger charge is 2.25. The normalized spacial score (nSPS) is 20.6. The Hall–Kier alpha value is -0.0900. The van der Waals surface area contributed by atoms with Gasteiger partial charge in [0.05, 0.1) is 11.0 Å². The van der Waals surface area contributed by atoms with Crippen LogP contribution in [0.4, 0.5) is 0 Å². The lowest BCUT2D eigenvalue weighted by Crippen LogP contribution is -2.24. The Morgan fingerprint density at radius 1 is 1.07 bits per heavy atom. The summed E-state index contributed by atoms with van der Waals surface area (Å²) in [6.45, 7) is 0.478. The fourth-order valence-electron chi connectivity index (χ4n) is 2.05. The molecule has 1 fully saturated rings. The summed E-state index contributed by atoms with van der Waals surface area (Å²) < 4.78 is 23.7. The van der Waals surface area contributed by atoms with E-state index >= 15 is 0 Å². The lowest BCUT2D eigenvalue weighted by molar-refractivity contribution is 0.561. The van der Waals surface area contributed by atoms with E-state index in [1.807, 2.05) is 0 Å². The maximum atomic E-state index is 11.8. The molecular formula is C10H21NO2S.